The van der Waals surface area contributed by atoms with E-state index in [1.54, 1.807) is 6.07 Å². The molecule has 114 valence electrons. The minimum absolute atomic E-state index is 0.0933. The van der Waals surface area contributed by atoms with Gasteiger partial charge in [0, 0.05) is 6.61 Å². The summed E-state index contributed by atoms with van der Waals surface area (Å²) < 4.78 is 19.3. The normalized spacial score (nSPS) is 14.6. The molecule has 0 aliphatic heterocycles. The van der Waals surface area contributed by atoms with Crippen LogP contribution >= 0.6 is 0 Å². The van der Waals surface area contributed by atoms with E-state index in [2.05, 4.69) is 26.1 Å². The molecular formula is C17H28FNO. The monoisotopic (exact) mass is 281 g/mol. The molecule has 0 radical (unpaired) electrons. The average molecular weight is 281 g/mol. The first-order valence-electron chi connectivity index (χ1n) is 7.62. The molecule has 0 amide bonds. The highest BCUT2D eigenvalue weighted by Gasteiger charge is 2.27. The quantitative estimate of drug-likeness (QED) is 0.769. The van der Waals surface area contributed by atoms with Crippen molar-refractivity contribution in [2.24, 2.45) is 5.92 Å². The van der Waals surface area contributed by atoms with Crippen LogP contribution in [0.1, 0.15) is 51.3 Å². The Balaban J connectivity index is 3.08. The number of rotatable bonds is 8. The maximum atomic E-state index is 13.3. The molecule has 1 rings (SSSR count). The van der Waals surface area contributed by atoms with Crippen molar-refractivity contribution in [3.8, 4) is 0 Å². The Morgan fingerprint density at radius 2 is 1.95 bits per heavy atom. The highest BCUT2D eigenvalue weighted by Crippen LogP contribution is 2.27. The Hall–Kier alpha value is -0.930. The van der Waals surface area contributed by atoms with Gasteiger partial charge in [0.15, 0.2) is 0 Å². The van der Waals surface area contributed by atoms with Crippen LogP contribution in [0.3, 0.4) is 0 Å². The summed E-state index contributed by atoms with van der Waals surface area (Å²) in [6, 6.07) is 5.12. The molecule has 1 aromatic carbocycles. The number of benzene rings is 1. The van der Waals surface area contributed by atoms with E-state index in [9.17, 15) is 4.39 Å². The molecule has 0 aliphatic rings. The molecule has 0 heterocycles. The van der Waals surface area contributed by atoms with Crippen molar-refractivity contribution in [1.82, 2.24) is 5.32 Å². The van der Waals surface area contributed by atoms with Gasteiger partial charge in [0.2, 0.25) is 0 Å². The second kappa shape index (κ2) is 8.38. The molecule has 1 aromatic rings. The lowest BCUT2D eigenvalue weighted by atomic mass is 9.90. The minimum atomic E-state index is -0.182. The Bertz CT molecular complexity index is 406. The molecule has 2 unspecified atom stereocenters. The zero-order chi connectivity index (χ0) is 15.1. The lowest BCUT2D eigenvalue weighted by molar-refractivity contribution is 0.00267. The second-order valence-corrected chi connectivity index (χ2v) is 5.60. The van der Waals surface area contributed by atoms with E-state index in [4.69, 9.17) is 4.74 Å². The third-order valence-corrected chi connectivity index (χ3v) is 3.53. The minimum Gasteiger partial charge on any atom is -0.376 e. The van der Waals surface area contributed by atoms with E-state index in [0.717, 1.165) is 24.1 Å². The SMILES string of the molecule is CCCNC(c1ccc(F)cc1C)C(OCC)C(C)C. The van der Waals surface area contributed by atoms with Gasteiger partial charge in [-0.2, -0.15) is 0 Å². The van der Waals surface area contributed by atoms with E-state index >= 15 is 0 Å². The van der Waals surface area contributed by atoms with E-state index in [-0.39, 0.29) is 18.0 Å². The molecule has 0 aromatic heterocycles. The van der Waals surface area contributed by atoms with Crippen molar-refractivity contribution in [3.05, 3.63) is 35.1 Å². The number of halogens is 1. The van der Waals surface area contributed by atoms with Gasteiger partial charge < -0.3 is 10.1 Å². The molecule has 0 saturated carbocycles. The lowest BCUT2D eigenvalue weighted by Crippen LogP contribution is -2.38. The standard InChI is InChI=1S/C17H28FNO/c1-6-10-19-16(17(12(3)4)20-7-2)15-9-8-14(18)11-13(15)5/h8-9,11-12,16-17,19H,6-7,10H2,1-5H3. The van der Waals surface area contributed by atoms with Gasteiger partial charge >= 0.3 is 0 Å². The summed E-state index contributed by atoms with van der Waals surface area (Å²) in [5.41, 5.74) is 2.11. The molecule has 0 fully saturated rings. The zero-order valence-electron chi connectivity index (χ0n) is 13.4. The van der Waals surface area contributed by atoms with Gasteiger partial charge in [-0.1, -0.05) is 26.8 Å². The summed E-state index contributed by atoms with van der Waals surface area (Å²) in [6.45, 7) is 12.1. The van der Waals surface area contributed by atoms with Gasteiger partial charge in [-0.3, -0.25) is 0 Å². The van der Waals surface area contributed by atoms with Crippen LogP contribution in [-0.4, -0.2) is 19.3 Å². The van der Waals surface area contributed by atoms with Crippen LogP contribution in [0.2, 0.25) is 0 Å². The summed E-state index contributed by atoms with van der Waals surface area (Å²) in [5.74, 6) is 0.215. The first-order chi connectivity index (χ1) is 9.51. The fourth-order valence-electron chi connectivity index (χ4n) is 2.56. The molecule has 0 spiro atoms. The first kappa shape index (κ1) is 17.1. The molecule has 3 heteroatoms. The van der Waals surface area contributed by atoms with Crippen molar-refractivity contribution in [2.75, 3.05) is 13.2 Å². The van der Waals surface area contributed by atoms with E-state index in [0.29, 0.717) is 12.5 Å². The van der Waals surface area contributed by atoms with E-state index < -0.39 is 0 Å². The van der Waals surface area contributed by atoms with Gasteiger partial charge in [-0.05, 0) is 56.0 Å². The van der Waals surface area contributed by atoms with Crippen LogP contribution in [0.15, 0.2) is 18.2 Å². The summed E-state index contributed by atoms with van der Waals surface area (Å²) in [7, 11) is 0. The predicted molar refractivity (Wildman–Crippen MR) is 82.4 cm³/mol. The van der Waals surface area contributed by atoms with Crippen molar-refractivity contribution in [3.63, 3.8) is 0 Å². The third-order valence-electron chi connectivity index (χ3n) is 3.53. The van der Waals surface area contributed by atoms with Gasteiger partial charge in [0.1, 0.15) is 5.82 Å². The van der Waals surface area contributed by atoms with E-state index in [1.807, 2.05) is 19.9 Å². The highest BCUT2D eigenvalue weighted by atomic mass is 19.1. The molecule has 20 heavy (non-hydrogen) atoms. The average Bonchev–Trinajstić information content (AvgIpc) is 2.39. The van der Waals surface area contributed by atoms with E-state index in [1.165, 1.54) is 6.07 Å². The summed E-state index contributed by atoms with van der Waals surface area (Å²) >= 11 is 0. The molecule has 0 saturated heterocycles. The maximum absolute atomic E-state index is 13.3. The van der Waals surface area contributed by atoms with Crippen LogP contribution in [-0.2, 0) is 4.74 Å². The lowest BCUT2D eigenvalue weighted by Gasteiger charge is -2.32. The van der Waals surface area contributed by atoms with Crippen LogP contribution < -0.4 is 5.32 Å². The first-order valence-corrected chi connectivity index (χ1v) is 7.62. The topological polar surface area (TPSA) is 21.3 Å². The number of aryl methyl sites for hydroxylation is 1. The number of nitrogens with one attached hydrogen (secondary N) is 1. The second-order valence-electron chi connectivity index (χ2n) is 5.60. The molecule has 1 N–H and O–H groups in total. The van der Waals surface area contributed by atoms with Crippen LogP contribution in [0, 0.1) is 18.7 Å². The predicted octanol–water partition coefficient (Wildman–Crippen LogP) is 4.24. The highest BCUT2D eigenvalue weighted by molar-refractivity contribution is 5.30. The van der Waals surface area contributed by atoms with Crippen molar-refractivity contribution >= 4 is 0 Å². The number of hydrogen-bond acceptors (Lipinski definition) is 2. The van der Waals surface area contributed by atoms with Gasteiger partial charge in [-0.25, -0.2) is 4.39 Å². The molecular weight excluding hydrogens is 253 g/mol. The Kier molecular flexibility index (Phi) is 7.17. The molecule has 0 aliphatic carbocycles. The fraction of sp³-hybridized carbons (Fsp3) is 0.647. The third kappa shape index (κ3) is 4.57. The summed E-state index contributed by atoms with van der Waals surface area (Å²) in [4.78, 5) is 0. The Labute approximate surface area is 122 Å². The Morgan fingerprint density at radius 1 is 1.25 bits per heavy atom. The molecule has 0 bridgehead atoms. The van der Waals surface area contributed by atoms with Gasteiger partial charge in [0.05, 0.1) is 12.1 Å². The van der Waals surface area contributed by atoms with Crippen LogP contribution in [0.5, 0.6) is 0 Å². The van der Waals surface area contributed by atoms with Crippen LogP contribution in [0.25, 0.3) is 0 Å². The van der Waals surface area contributed by atoms with Crippen LogP contribution in [0.4, 0.5) is 4.39 Å². The Morgan fingerprint density at radius 3 is 2.45 bits per heavy atom. The van der Waals surface area contributed by atoms with Crippen molar-refractivity contribution < 1.29 is 9.13 Å². The molecule has 2 nitrogen and oxygen atoms in total. The number of hydrogen-bond donors (Lipinski definition) is 1. The smallest absolute Gasteiger partial charge is 0.123 e. The van der Waals surface area contributed by atoms with Crippen molar-refractivity contribution in [1.29, 1.82) is 0 Å². The molecule has 2 atom stereocenters. The maximum Gasteiger partial charge on any atom is 0.123 e. The largest absolute Gasteiger partial charge is 0.376 e. The summed E-state index contributed by atoms with van der Waals surface area (Å²) in [6.07, 6.45) is 1.16. The summed E-state index contributed by atoms with van der Waals surface area (Å²) in [5, 5.41) is 3.56. The zero-order valence-corrected chi connectivity index (χ0v) is 13.4. The number of ether oxygens (including phenoxy) is 1. The van der Waals surface area contributed by atoms with Crippen molar-refractivity contribution in [2.45, 2.75) is 53.2 Å². The van der Waals surface area contributed by atoms with Gasteiger partial charge in [-0.15, -0.1) is 0 Å². The fourth-order valence-corrected chi connectivity index (χ4v) is 2.56. The van der Waals surface area contributed by atoms with Gasteiger partial charge in [0.25, 0.3) is 0 Å².